The number of aliphatic hydroxyl groups is 1. The van der Waals surface area contributed by atoms with Gasteiger partial charge in [0.2, 0.25) is 0 Å². The van der Waals surface area contributed by atoms with Crippen LogP contribution in [0.3, 0.4) is 0 Å². The van der Waals surface area contributed by atoms with Gasteiger partial charge in [-0.05, 0) is 33.2 Å². The summed E-state index contributed by atoms with van der Waals surface area (Å²) in [5, 5.41) is 9.87. The lowest BCUT2D eigenvalue weighted by Gasteiger charge is -2.18. The molecule has 96 valence electrons. The maximum absolute atomic E-state index is 9.87. The van der Waals surface area contributed by atoms with Crippen LogP contribution in [0.15, 0.2) is 0 Å². The molecule has 1 saturated heterocycles. The smallest absolute Gasteiger partial charge is 0.112 e. The lowest BCUT2D eigenvalue weighted by Crippen LogP contribution is -2.33. The van der Waals surface area contributed by atoms with Crippen molar-refractivity contribution in [3.63, 3.8) is 0 Å². The third-order valence-corrected chi connectivity index (χ3v) is 2.98. The molecule has 0 aromatic heterocycles. The Labute approximate surface area is 99.5 Å². The molecule has 1 fully saturated rings. The molecular weight excluding hydrogens is 206 g/mol. The van der Waals surface area contributed by atoms with Gasteiger partial charge < -0.3 is 20.3 Å². The van der Waals surface area contributed by atoms with Crippen LogP contribution in [0.4, 0.5) is 0 Å². The van der Waals surface area contributed by atoms with Crippen molar-refractivity contribution in [1.29, 1.82) is 0 Å². The summed E-state index contributed by atoms with van der Waals surface area (Å²) in [7, 11) is 0. The summed E-state index contributed by atoms with van der Waals surface area (Å²) in [6, 6.07) is 0. The van der Waals surface area contributed by atoms with Crippen LogP contribution in [0.1, 0.15) is 40.9 Å². The van der Waals surface area contributed by atoms with Gasteiger partial charge >= 0.3 is 0 Å². The lowest BCUT2D eigenvalue weighted by atomic mass is 10.1. The third kappa shape index (κ3) is 4.01. The first-order valence-corrected chi connectivity index (χ1v) is 6.15. The first kappa shape index (κ1) is 12.3. The molecule has 0 aliphatic carbocycles. The van der Waals surface area contributed by atoms with E-state index in [-0.39, 0.29) is 19.1 Å². The Kier molecular flexibility index (Phi) is 5.55. The second kappa shape index (κ2) is 7.22. The van der Waals surface area contributed by atoms with Crippen molar-refractivity contribution in [2.45, 2.75) is 63.9 Å². The number of nitrogens with two attached hydrogens (primary N) is 1. The second-order valence-corrected chi connectivity index (χ2v) is 4.41. The highest BCUT2D eigenvalue weighted by Crippen LogP contribution is 2.23. The molecule has 0 amide bonds. The van der Waals surface area contributed by atoms with Crippen molar-refractivity contribution in [3.8, 4) is 0 Å². The third-order valence-electron chi connectivity index (χ3n) is 2.98. The molecule has 1 heterocycles. The first-order valence-electron chi connectivity index (χ1n) is 6.85. The van der Waals surface area contributed by atoms with E-state index in [1.54, 1.807) is 0 Å². The number of rotatable bonds is 7. The van der Waals surface area contributed by atoms with Crippen LogP contribution in [0.2, 0.25) is 0 Å². The maximum atomic E-state index is 9.87. The molecule has 3 N–H and O–H groups in total. The minimum absolute atomic E-state index is 0.0852. The molecule has 4 nitrogen and oxygen atoms in total. The van der Waals surface area contributed by atoms with Crippen LogP contribution < -0.4 is 5.73 Å². The van der Waals surface area contributed by atoms with Crippen LogP contribution in [-0.4, -0.2) is 42.7 Å². The number of unbranched alkanes of at least 4 members (excludes halogenated alkanes) is 3. The van der Waals surface area contributed by atoms with Crippen LogP contribution in [-0.2, 0) is 9.47 Å². The summed E-state index contributed by atoms with van der Waals surface area (Å²) in [5.41, 5.74) is 5.41. The number of ether oxygens (including phenoxy) is 2. The van der Waals surface area contributed by atoms with Gasteiger partial charge in [-0.3, -0.25) is 0 Å². The van der Waals surface area contributed by atoms with E-state index in [9.17, 15) is 5.11 Å². The van der Waals surface area contributed by atoms with Crippen molar-refractivity contribution >= 4 is 0 Å². The summed E-state index contributed by atoms with van der Waals surface area (Å²) >= 11 is 0. The molecule has 0 unspecified atom stereocenters. The maximum Gasteiger partial charge on any atom is 0.112 e. The van der Waals surface area contributed by atoms with E-state index in [0.29, 0.717) is 6.61 Å². The quantitative estimate of drug-likeness (QED) is 0.644. The van der Waals surface area contributed by atoms with Gasteiger partial charge in [-0.1, -0.05) is 12.8 Å². The fraction of sp³-hybridized carbons (Fsp3) is 1.00. The fourth-order valence-corrected chi connectivity index (χ4v) is 1.98. The minimum Gasteiger partial charge on any atom is -0.388 e. The predicted octanol–water partition coefficient (Wildman–Crippen LogP) is 1.06. The Bertz CT molecular complexity index is 206. The molecule has 1 aliphatic rings. The van der Waals surface area contributed by atoms with Crippen LogP contribution in [0.25, 0.3) is 0 Å². The summed E-state index contributed by atoms with van der Waals surface area (Å²) < 4.78 is 18.3. The lowest BCUT2D eigenvalue weighted by molar-refractivity contribution is -0.0333. The summed E-state index contributed by atoms with van der Waals surface area (Å²) in [6.07, 6.45) is 2.84. The zero-order valence-corrected chi connectivity index (χ0v) is 10.1. The van der Waals surface area contributed by atoms with Crippen LogP contribution >= 0.6 is 0 Å². The van der Waals surface area contributed by atoms with Gasteiger partial charge in [0.15, 0.2) is 0 Å². The van der Waals surface area contributed by atoms with Crippen molar-refractivity contribution in [2.75, 3.05) is 13.2 Å². The molecule has 1 aliphatic heterocycles. The van der Waals surface area contributed by atoms with Gasteiger partial charge in [0.1, 0.15) is 12.2 Å². The Morgan fingerprint density at radius 2 is 2.06 bits per heavy atom. The molecule has 0 aromatic rings. The van der Waals surface area contributed by atoms with Gasteiger partial charge in [-0.15, -0.1) is 0 Å². The van der Waals surface area contributed by atoms with E-state index in [1.807, 2.05) is 6.92 Å². The molecule has 1 rings (SSSR count). The predicted molar refractivity (Wildman–Crippen MR) is 63.3 cm³/mol. The van der Waals surface area contributed by atoms with E-state index in [1.165, 1.54) is 0 Å². The Balaban J connectivity index is 2.14. The first-order chi connectivity index (χ1) is 8.20. The van der Waals surface area contributed by atoms with Gasteiger partial charge in [0.05, 0.1) is 12.2 Å². The molecule has 0 saturated carbocycles. The van der Waals surface area contributed by atoms with E-state index >= 15 is 0 Å². The highest BCUT2D eigenvalue weighted by atomic mass is 16.6. The summed E-state index contributed by atoms with van der Waals surface area (Å²) in [6.45, 7) is 3.36. The molecule has 0 bridgehead atoms. The highest BCUT2D eigenvalue weighted by Gasteiger charge is 2.39. The van der Waals surface area contributed by atoms with E-state index in [2.05, 4.69) is 0 Å². The minimum atomic E-state index is -0.661. The number of hydrogen-bond donors (Lipinski definition) is 2. The van der Waals surface area contributed by atoms with Crippen molar-refractivity contribution < 1.29 is 16.0 Å². The molecule has 4 atom stereocenters. The van der Waals surface area contributed by atoms with Crippen LogP contribution in [0.5, 0.6) is 0 Å². The summed E-state index contributed by atoms with van der Waals surface area (Å²) in [4.78, 5) is 0. The second-order valence-electron chi connectivity index (χ2n) is 4.41. The normalized spacial score (nSPS) is 35.3. The van der Waals surface area contributed by atoms with Gasteiger partial charge in [-0.25, -0.2) is 0 Å². The Hall–Kier alpha value is -0.160. The molecule has 4 heteroatoms. The van der Waals surface area contributed by atoms with Gasteiger partial charge in [0, 0.05) is 7.98 Å². The topological polar surface area (TPSA) is 64.7 Å². The standard InChI is InChI=1S/C12H25NO3/c1-9-11(14)12(10(2)16-9)15-8-6-4-3-5-7-13/h9-12,14H,3-8,13H2,1-2H3/t9-,10+,11-,12+/m1/s1/i1D. The fourth-order valence-electron chi connectivity index (χ4n) is 1.98. The average Bonchev–Trinajstić information content (AvgIpc) is 2.60. The monoisotopic (exact) mass is 232 g/mol. The van der Waals surface area contributed by atoms with Crippen LogP contribution in [0, 0.1) is 0 Å². The molecule has 16 heavy (non-hydrogen) atoms. The Morgan fingerprint density at radius 3 is 2.69 bits per heavy atom. The van der Waals surface area contributed by atoms with Gasteiger partial charge in [-0.2, -0.15) is 0 Å². The van der Waals surface area contributed by atoms with Crippen molar-refractivity contribution in [1.82, 2.24) is 0 Å². The van der Waals surface area contributed by atoms with Crippen molar-refractivity contribution in [3.05, 3.63) is 0 Å². The molecule has 0 radical (unpaired) electrons. The average molecular weight is 232 g/mol. The largest absolute Gasteiger partial charge is 0.388 e. The molecule has 0 spiro atoms. The Morgan fingerprint density at radius 1 is 1.31 bits per heavy atom. The zero-order valence-electron chi connectivity index (χ0n) is 11.1. The number of aliphatic hydroxyl groups excluding tert-OH is 1. The number of hydrogen-bond acceptors (Lipinski definition) is 4. The van der Waals surface area contributed by atoms with E-state index in [4.69, 9.17) is 16.6 Å². The summed E-state index contributed by atoms with van der Waals surface area (Å²) in [5.74, 6) is 0. The van der Waals surface area contributed by atoms with Gasteiger partial charge in [0.25, 0.3) is 0 Å². The van der Waals surface area contributed by atoms with E-state index in [0.717, 1.165) is 32.2 Å². The molecular formula is C12H25NO3. The SMILES string of the molecule is [2H]C[C@H]1O[C@@H](C)[C@H](OCCCCCCN)[C@@H]1O. The highest BCUT2D eigenvalue weighted by molar-refractivity contribution is 4.87. The van der Waals surface area contributed by atoms with Crippen molar-refractivity contribution in [2.24, 2.45) is 5.73 Å². The van der Waals surface area contributed by atoms with E-state index < -0.39 is 12.2 Å². The molecule has 0 aromatic carbocycles. The zero-order chi connectivity index (χ0) is 12.7.